The lowest BCUT2D eigenvalue weighted by Gasteiger charge is -1.92. The van der Waals surface area contributed by atoms with E-state index in [-0.39, 0.29) is 0 Å². The first-order valence-corrected chi connectivity index (χ1v) is 5.53. The van der Waals surface area contributed by atoms with Crippen molar-refractivity contribution in [1.82, 2.24) is 14.6 Å². The van der Waals surface area contributed by atoms with E-state index in [4.69, 9.17) is 5.26 Å². The molecule has 2 aromatic rings. The minimum Gasteiger partial charge on any atom is -0.287 e. The van der Waals surface area contributed by atoms with E-state index in [0.29, 0.717) is 11.2 Å². The van der Waals surface area contributed by atoms with Gasteiger partial charge in [0.1, 0.15) is 5.82 Å². The van der Waals surface area contributed by atoms with Crippen LogP contribution in [0.2, 0.25) is 0 Å². The van der Waals surface area contributed by atoms with Crippen molar-refractivity contribution < 1.29 is 0 Å². The Kier molecular flexibility index (Phi) is 6.53. The second-order valence-corrected chi connectivity index (χ2v) is 2.50. The molecule has 0 spiro atoms. The van der Waals surface area contributed by atoms with Gasteiger partial charge in [-0.15, -0.1) is 10.2 Å². The predicted octanol–water partition coefficient (Wildman–Crippen LogP) is 2.96. The van der Waals surface area contributed by atoms with Crippen molar-refractivity contribution >= 4 is 5.65 Å². The lowest BCUT2D eigenvalue weighted by atomic mass is 10.3. The Labute approximate surface area is 96.6 Å². The zero-order chi connectivity index (χ0) is 12.6. The summed E-state index contributed by atoms with van der Waals surface area (Å²) in [4.78, 5) is 0. The summed E-state index contributed by atoms with van der Waals surface area (Å²) in [7, 11) is 0. The number of nitriles is 1. The molecule has 86 valence electrons. The maximum atomic E-state index is 8.60. The summed E-state index contributed by atoms with van der Waals surface area (Å²) in [6, 6.07) is 5.50. The number of hydrogen-bond acceptors (Lipinski definition) is 3. The van der Waals surface area contributed by atoms with Gasteiger partial charge in [0, 0.05) is 12.3 Å². The van der Waals surface area contributed by atoms with Crippen LogP contribution in [0.4, 0.5) is 0 Å². The molecule has 2 aromatic heterocycles. The average Bonchev–Trinajstić information content (AvgIpc) is 2.75. The van der Waals surface area contributed by atoms with Gasteiger partial charge in [-0.1, -0.05) is 27.7 Å². The fourth-order valence-corrected chi connectivity index (χ4v) is 1.08. The summed E-state index contributed by atoms with van der Waals surface area (Å²) in [6.07, 6.45) is 1.79. The molecule has 2 heterocycles. The molecule has 4 heteroatoms. The molecule has 2 rings (SSSR count). The van der Waals surface area contributed by atoms with Crippen LogP contribution in [-0.4, -0.2) is 14.6 Å². The molecule has 0 atom stereocenters. The molecule has 4 nitrogen and oxygen atoms in total. The van der Waals surface area contributed by atoms with Crippen LogP contribution < -0.4 is 0 Å². The molecular weight excluding hydrogens is 200 g/mol. The van der Waals surface area contributed by atoms with Crippen molar-refractivity contribution in [3.8, 4) is 6.07 Å². The zero-order valence-electron chi connectivity index (χ0n) is 10.5. The number of pyridine rings is 1. The largest absolute Gasteiger partial charge is 0.287 e. The van der Waals surface area contributed by atoms with Crippen LogP contribution in [0.15, 0.2) is 18.3 Å². The van der Waals surface area contributed by atoms with E-state index in [1.54, 1.807) is 18.3 Å². The van der Waals surface area contributed by atoms with E-state index in [1.807, 2.05) is 45.1 Å². The highest BCUT2D eigenvalue weighted by Crippen LogP contribution is 2.04. The van der Waals surface area contributed by atoms with Crippen molar-refractivity contribution in [3.63, 3.8) is 0 Å². The number of rotatable bonds is 0. The van der Waals surface area contributed by atoms with Crippen LogP contribution >= 0.6 is 0 Å². The lowest BCUT2D eigenvalue weighted by Crippen LogP contribution is -1.87. The van der Waals surface area contributed by atoms with Gasteiger partial charge in [-0.2, -0.15) is 5.26 Å². The molecule has 0 bridgehead atoms. The molecule has 0 N–H and O–H groups in total. The lowest BCUT2D eigenvalue weighted by molar-refractivity contribution is 1.01. The van der Waals surface area contributed by atoms with Gasteiger partial charge >= 0.3 is 0 Å². The number of fused-ring (bicyclic) bond motifs is 1. The van der Waals surface area contributed by atoms with Gasteiger partial charge in [-0.05, 0) is 13.0 Å². The van der Waals surface area contributed by atoms with Gasteiger partial charge in [-0.3, -0.25) is 4.40 Å². The maximum Gasteiger partial charge on any atom is 0.162 e. The van der Waals surface area contributed by atoms with Crippen LogP contribution in [0.5, 0.6) is 0 Å². The minimum atomic E-state index is 0.606. The third-order valence-corrected chi connectivity index (χ3v) is 1.71. The fourth-order valence-electron chi connectivity index (χ4n) is 1.08. The van der Waals surface area contributed by atoms with E-state index in [0.717, 1.165) is 5.82 Å². The van der Waals surface area contributed by atoms with E-state index in [9.17, 15) is 0 Å². The topological polar surface area (TPSA) is 54.0 Å². The molecule has 0 fully saturated rings. The molecule has 0 amide bonds. The van der Waals surface area contributed by atoms with Crippen molar-refractivity contribution in [2.45, 2.75) is 34.6 Å². The molecule has 0 radical (unpaired) electrons. The average molecular weight is 218 g/mol. The second kappa shape index (κ2) is 7.41. The molecule has 0 aromatic carbocycles. The molecule has 0 aliphatic heterocycles. The Hall–Kier alpha value is -1.89. The van der Waals surface area contributed by atoms with Crippen LogP contribution in [0.1, 0.15) is 39.1 Å². The quantitative estimate of drug-likeness (QED) is 0.683. The highest BCUT2D eigenvalue weighted by atomic mass is 15.2. The standard InChI is InChI=1S/C8H6N4.2C2H6/c1-6-10-11-8-4-7(5-9)2-3-12(6)8;2*1-2/h2-4H,1H3;2*1-2H3. The summed E-state index contributed by atoms with van der Waals surface area (Å²) < 4.78 is 1.83. The second-order valence-electron chi connectivity index (χ2n) is 2.50. The van der Waals surface area contributed by atoms with Crippen molar-refractivity contribution in [2.75, 3.05) is 0 Å². The van der Waals surface area contributed by atoms with Crippen molar-refractivity contribution in [2.24, 2.45) is 0 Å². The summed E-state index contributed by atoms with van der Waals surface area (Å²) in [5, 5.41) is 16.4. The maximum absolute atomic E-state index is 8.60. The summed E-state index contributed by atoms with van der Waals surface area (Å²) in [5.74, 6) is 0.828. The molecular formula is C12H18N4. The molecule has 0 saturated heterocycles. The van der Waals surface area contributed by atoms with E-state index in [2.05, 4.69) is 10.2 Å². The molecule has 0 aliphatic carbocycles. The van der Waals surface area contributed by atoms with Gasteiger partial charge in [-0.25, -0.2) is 0 Å². The van der Waals surface area contributed by atoms with Gasteiger partial charge < -0.3 is 0 Å². The minimum absolute atomic E-state index is 0.606. The Morgan fingerprint density at radius 3 is 2.38 bits per heavy atom. The summed E-state index contributed by atoms with van der Waals surface area (Å²) in [6.45, 7) is 9.87. The third kappa shape index (κ3) is 3.06. The first kappa shape index (κ1) is 14.1. The Bertz CT molecular complexity index is 465. The van der Waals surface area contributed by atoms with Crippen molar-refractivity contribution in [1.29, 1.82) is 5.26 Å². The van der Waals surface area contributed by atoms with Crippen LogP contribution in [-0.2, 0) is 0 Å². The summed E-state index contributed by atoms with van der Waals surface area (Å²) in [5.41, 5.74) is 1.32. The zero-order valence-corrected chi connectivity index (χ0v) is 10.5. The number of aromatic nitrogens is 3. The third-order valence-electron chi connectivity index (χ3n) is 1.71. The number of aryl methyl sites for hydroxylation is 1. The highest BCUT2D eigenvalue weighted by molar-refractivity contribution is 5.45. The first-order chi connectivity index (χ1) is 7.81. The van der Waals surface area contributed by atoms with Crippen LogP contribution in [0.3, 0.4) is 0 Å². The normalized spacial score (nSPS) is 8.25. The fraction of sp³-hybridized carbons (Fsp3) is 0.417. The van der Waals surface area contributed by atoms with E-state index < -0.39 is 0 Å². The molecule has 0 saturated carbocycles. The Balaban J connectivity index is 0.000000509. The molecule has 0 unspecified atom stereocenters. The van der Waals surface area contributed by atoms with Gasteiger partial charge in [0.25, 0.3) is 0 Å². The highest BCUT2D eigenvalue weighted by Gasteiger charge is 1.99. The predicted molar refractivity (Wildman–Crippen MR) is 65.1 cm³/mol. The number of hydrogen-bond donors (Lipinski definition) is 0. The van der Waals surface area contributed by atoms with Crippen molar-refractivity contribution in [3.05, 3.63) is 29.7 Å². The smallest absolute Gasteiger partial charge is 0.162 e. The SMILES string of the molecule is CC.CC.Cc1nnc2cc(C#N)ccn12. The number of nitrogens with zero attached hydrogens (tertiary/aromatic N) is 4. The molecule has 0 aliphatic rings. The van der Waals surface area contributed by atoms with Gasteiger partial charge in [0.05, 0.1) is 11.6 Å². The summed E-state index contributed by atoms with van der Waals surface area (Å²) >= 11 is 0. The van der Waals surface area contributed by atoms with E-state index in [1.165, 1.54) is 0 Å². The Morgan fingerprint density at radius 1 is 1.19 bits per heavy atom. The van der Waals surface area contributed by atoms with Gasteiger partial charge in [0.2, 0.25) is 0 Å². The molecule has 16 heavy (non-hydrogen) atoms. The Morgan fingerprint density at radius 2 is 1.81 bits per heavy atom. The van der Waals surface area contributed by atoms with E-state index >= 15 is 0 Å². The monoisotopic (exact) mass is 218 g/mol. The van der Waals surface area contributed by atoms with Gasteiger partial charge in [0.15, 0.2) is 5.65 Å². The van der Waals surface area contributed by atoms with Crippen LogP contribution in [0, 0.1) is 18.3 Å². The first-order valence-electron chi connectivity index (χ1n) is 5.53. The van der Waals surface area contributed by atoms with Crippen LogP contribution in [0.25, 0.3) is 5.65 Å².